The van der Waals surface area contributed by atoms with E-state index >= 15 is 0 Å². The lowest BCUT2D eigenvalue weighted by molar-refractivity contribution is 0.595. The van der Waals surface area contributed by atoms with Crippen LogP contribution in [-0.4, -0.2) is 0 Å². The van der Waals surface area contributed by atoms with Gasteiger partial charge in [-0.1, -0.05) is 76.3 Å². The van der Waals surface area contributed by atoms with Gasteiger partial charge in [0.05, 0.1) is 0 Å². The van der Waals surface area contributed by atoms with Gasteiger partial charge in [0.15, 0.2) is 0 Å². The average Bonchev–Trinajstić information content (AvgIpc) is 2.24. The van der Waals surface area contributed by atoms with E-state index in [1.165, 1.54) is 11.1 Å². The SMILES string of the molecule is CC1(C)/C=C\c2ccccc2C(C)(C)/C=C\1. The minimum absolute atomic E-state index is 0.110. The molecule has 0 saturated heterocycles. The van der Waals surface area contributed by atoms with Crippen molar-refractivity contribution in [3.05, 3.63) is 53.6 Å². The van der Waals surface area contributed by atoms with Gasteiger partial charge in [-0.15, -0.1) is 0 Å². The number of benzene rings is 1. The van der Waals surface area contributed by atoms with Gasteiger partial charge < -0.3 is 0 Å². The Balaban J connectivity index is 2.62. The van der Waals surface area contributed by atoms with Gasteiger partial charge in [-0.2, -0.15) is 0 Å². The topological polar surface area (TPSA) is 0 Å². The largest absolute Gasteiger partial charge is 0.0782 e. The molecule has 0 saturated carbocycles. The van der Waals surface area contributed by atoms with Crippen LogP contribution in [0.5, 0.6) is 0 Å². The number of fused-ring (bicyclic) bond motifs is 1. The average molecular weight is 212 g/mol. The zero-order valence-corrected chi connectivity index (χ0v) is 10.6. The summed E-state index contributed by atoms with van der Waals surface area (Å²) in [7, 11) is 0. The quantitative estimate of drug-likeness (QED) is 0.552. The highest BCUT2D eigenvalue weighted by atomic mass is 14.3. The molecule has 1 aromatic carbocycles. The molecule has 0 fully saturated rings. The molecule has 0 radical (unpaired) electrons. The van der Waals surface area contributed by atoms with Crippen LogP contribution in [0.1, 0.15) is 38.8 Å². The van der Waals surface area contributed by atoms with Crippen LogP contribution in [0.2, 0.25) is 0 Å². The van der Waals surface area contributed by atoms with Gasteiger partial charge in [-0.3, -0.25) is 0 Å². The molecule has 84 valence electrons. The van der Waals surface area contributed by atoms with Crippen molar-refractivity contribution in [2.45, 2.75) is 33.1 Å². The molecular weight excluding hydrogens is 192 g/mol. The molecule has 0 spiro atoms. The maximum absolute atomic E-state index is 2.33. The first-order valence-corrected chi connectivity index (χ1v) is 5.90. The molecule has 0 heteroatoms. The second kappa shape index (κ2) is 3.62. The summed E-state index contributed by atoms with van der Waals surface area (Å²) in [5.41, 5.74) is 2.99. The normalized spacial score (nSPS) is 25.0. The number of allylic oxidation sites excluding steroid dienone is 3. The standard InChI is InChI=1S/C16H20/c1-15(2)10-9-13-7-5-6-8-14(13)16(3,4)12-11-15/h5-12H,1-4H3/b10-9-,12-11-. The van der Waals surface area contributed by atoms with E-state index in [9.17, 15) is 0 Å². The fourth-order valence-electron chi connectivity index (χ4n) is 2.10. The molecule has 0 heterocycles. The first-order valence-electron chi connectivity index (χ1n) is 5.90. The molecule has 0 bridgehead atoms. The lowest BCUT2D eigenvalue weighted by Gasteiger charge is -2.28. The summed E-state index contributed by atoms with van der Waals surface area (Å²) in [5, 5.41) is 0. The zero-order chi connectivity index (χ0) is 11.8. The third-order valence-electron chi connectivity index (χ3n) is 3.28. The predicted octanol–water partition coefficient (Wildman–Crippen LogP) is 4.57. The fraction of sp³-hybridized carbons (Fsp3) is 0.375. The molecule has 0 amide bonds. The van der Waals surface area contributed by atoms with E-state index in [0.29, 0.717) is 0 Å². The highest BCUT2D eigenvalue weighted by Gasteiger charge is 2.23. The second-order valence-corrected chi connectivity index (χ2v) is 5.80. The van der Waals surface area contributed by atoms with Gasteiger partial charge in [-0.05, 0) is 11.1 Å². The van der Waals surface area contributed by atoms with Gasteiger partial charge in [0.2, 0.25) is 0 Å². The summed E-state index contributed by atoms with van der Waals surface area (Å²) in [5.74, 6) is 0. The highest BCUT2D eigenvalue weighted by molar-refractivity contribution is 5.58. The van der Waals surface area contributed by atoms with Crippen LogP contribution >= 0.6 is 0 Å². The molecule has 0 nitrogen and oxygen atoms in total. The summed E-state index contributed by atoms with van der Waals surface area (Å²) in [6.45, 7) is 9.03. The van der Waals surface area contributed by atoms with Crippen LogP contribution in [0.3, 0.4) is 0 Å². The van der Waals surface area contributed by atoms with E-state index in [0.717, 1.165) is 0 Å². The molecule has 1 aliphatic rings. The van der Waals surface area contributed by atoms with E-state index < -0.39 is 0 Å². The summed E-state index contributed by atoms with van der Waals surface area (Å²) in [6, 6.07) is 8.65. The van der Waals surface area contributed by atoms with Crippen molar-refractivity contribution >= 4 is 6.08 Å². The minimum atomic E-state index is 0.110. The maximum Gasteiger partial charge on any atom is 0.00815 e. The molecule has 2 rings (SSSR count). The Bertz CT molecular complexity index is 445. The molecule has 0 aromatic heterocycles. The molecule has 0 unspecified atom stereocenters. The molecule has 16 heavy (non-hydrogen) atoms. The molecule has 0 atom stereocenters. The molecular formula is C16H20. The Hall–Kier alpha value is -1.30. The maximum atomic E-state index is 2.33. The van der Waals surface area contributed by atoms with E-state index in [1.54, 1.807) is 0 Å². The van der Waals surface area contributed by atoms with Crippen molar-refractivity contribution in [2.75, 3.05) is 0 Å². The molecule has 0 aliphatic heterocycles. The van der Waals surface area contributed by atoms with Crippen molar-refractivity contribution in [3.63, 3.8) is 0 Å². The predicted molar refractivity (Wildman–Crippen MR) is 71.4 cm³/mol. The Morgan fingerprint density at radius 1 is 0.812 bits per heavy atom. The first-order chi connectivity index (χ1) is 7.41. The van der Waals surface area contributed by atoms with Crippen molar-refractivity contribution in [3.8, 4) is 0 Å². The van der Waals surface area contributed by atoms with Crippen LogP contribution in [0.15, 0.2) is 42.5 Å². The third kappa shape index (κ3) is 2.11. The summed E-state index contributed by atoms with van der Waals surface area (Å²) < 4.78 is 0. The second-order valence-electron chi connectivity index (χ2n) is 5.80. The summed E-state index contributed by atoms with van der Waals surface area (Å²) in [4.78, 5) is 0. The summed E-state index contributed by atoms with van der Waals surface area (Å²) in [6.07, 6.45) is 9.16. The van der Waals surface area contributed by atoms with Gasteiger partial charge in [0.1, 0.15) is 0 Å². The lowest BCUT2D eigenvalue weighted by Crippen LogP contribution is -2.18. The van der Waals surface area contributed by atoms with Crippen LogP contribution in [0, 0.1) is 5.41 Å². The monoisotopic (exact) mass is 212 g/mol. The van der Waals surface area contributed by atoms with E-state index in [2.05, 4.69) is 76.3 Å². The van der Waals surface area contributed by atoms with Crippen molar-refractivity contribution < 1.29 is 0 Å². The van der Waals surface area contributed by atoms with Crippen molar-refractivity contribution in [1.29, 1.82) is 0 Å². The summed E-state index contributed by atoms with van der Waals surface area (Å²) >= 11 is 0. The number of hydrogen-bond donors (Lipinski definition) is 0. The van der Waals surface area contributed by atoms with Gasteiger partial charge >= 0.3 is 0 Å². The Morgan fingerprint density at radius 2 is 1.50 bits per heavy atom. The van der Waals surface area contributed by atoms with E-state index in [1.807, 2.05) is 0 Å². The third-order valence-corrected chi connectivity index (χ3v) is 3.28. The minimum Gasteiger partial charge on any atom is -0.0782 e. The fourth-order valence-corrected chi connectivity index (χ4v) is 2.10. The van der Waals surface area contributed by atoms with E-state index in [4.69, 9.17) is 0 Å². The van der Waals surface area contributed by atoms with Crippen LogP contribution in [0.4, 0.5) is 0 Å². The molecule has 1 aliphatic carbocycles. The zero-order valence-electron chi connectivity index (χ0n) is 10.6. The number of hydrogen-bond acceptors (Lipinski definition) is 0. The van der Waals surface area contributed by atoms with Crippen LogP contribution < -0.4 is 0 Å². The Labute approximate surface area is 98.7 Å². The van der Waals surface area contributed by atoms with E-state index in [-0.39, 0.29) is 10.8 Å². The smallest absolute Gasteiger partial charge is 0.00815 e. The van der Waals surface area contributed by atoms with Crippen LogP contribution in [0.25, 0.3) is 6.08 Å². The van der Waals surface area contributed by atoms with Crippen LogP contribution in [-0.2, 0) is 5.41 Å². The number of rotatable bonds is 0. The van der Waals surface area contributed by atoms with Crippen molar-refractivity contribution in [1.82, 2.24) is 0 Å². The van der Waals surface area contributed by atoms with Gasteiger partial charge in [0, 0.05) is 10.8 Å². The highest BCUT2D eigenvalue weighted by Crippen LogP contribution is 2.34. The molecule has 1 aromatic rings. The molecule has 0 N–H and O–H groups in total. The Kier molecular flexibility index (Phi) is 2.53. The first kappa shape index (κ1) is 11.2. The van der Waals surface area contributed by atoms with Gasteiger partial charge in [0.25, 0.3) is 0 Å². The Morgan fingerprint density at radius 3 is 2.25 bits per heavy atom. The lowest BCUT2D eigenvalue weighted by atomic mass is 9.77. The van der Waals surface area contributed by atoms with Crippen molar-refractivity contribution in [2.24, 2.45) is 5.41 Å². The van der Waals surface area contributed by atoms with Gasteiger partial charge in [-0.25, -0.2) is 0 Å².